The van der Waals surface area contributed by atoms with Gasteiger partial charge in [0, 0.05) is 69.1 Å². The Morgan fingerprint density at radius 1 is 0.884 bits per heavy atom. The highest BCUT2D eigenvalue weighted by molar-refractivity contribution is 5.92. The monoisotopic (exact) mass is 574 g/mol. The van der Waals surface area contributed by atoms with E-state index in [1.807, 2.05) is 42.5 Å². The Bertz CT molecular complexity index is 1430. The van der Waals surface area contributed by atoms with Gasteiger partial charge in [0.1, 0.15) is 5.75 Å². The predicted molar refractivity (Wildman–Crippen MR) is 175 cm³/mol. The molecule has 0 bridgehead atoms. The molecule has 3 aromatic carbocycles. The van der Waals surface area contributed by atoms with Crippen molar-refractivity contribution >= 4 is 23.4 Å². The molecule has 0 atom stereocenters. The highest BCUT2D eigenvalue weighted by Crippen LogP contribution is 2.25. The van der Waals surface area contributed by atoms with Gasteiger partial charge in [0.25, 0.3) is 0 Å². The zero-order valence-corrected chi connectivity index (χ0v) is 25.3. The fourth-order valence-electron chi connectivity index (χ4n) is 5.51. The maximum atomic E-state index is 13.7. The fraction of sp³-hybridized carbons (Fsp3) is 0.297. The summed E-state index contributed by atoms with van der Waals surface area (Å²) < 4.78 is 5.70. The predicted octanol–water partition coefficient (Wildman–Crippen LogP) is 7.34. The molecule has 0 unspecified atom stereocenters. The van der Waals surface area contributed by atoms with E-state index in [9.17, 15) is 4.79 Å². The Balaban J connectivity index is 1.28. The van der Waals surface area contributed by atoms with Gasteiger partial charge < -0.3 is 14.5 Å². The molecule has 0 saturated carbocycles. The molecule has 43 heavy (non-hydrogen) atoms. The summed E-state index contributed by atoms with van der Waals surface area (Å²) in [5, 5.41) is 0. The molecule has 1 fully saturated rings. The Morgan fingerprint density at radius 2 is 1.56 bits per heavy atom. The number of carbonyl (C=O) groups is 1. The van der Waals surface area contributed by atoms with Gasteiger partial charge in [-0.15, -0.1) is 0 Å². The van der Waals surface area contributed by atoms with Crippen LogP contribution in [0.4, 0.5) is 11.4 Å². The minimum Gasteiger partial charge on any atom is -0.494 e. The molecule has 6 heteroatoms. The summed E-state index contributed by atoms with van der Waals surface area (Å²) in [6.07, 6.45) is 10.1. The number of benzene rings is 3. The number of amides is 1. The summed E-state index contributed by atoms with van der Waals surface area (Å²) in [5.74, 6) is 0.901. The minimum absolute atomic E-state index is 0.0470. The number of hydrogen-bond acceptors (Lipinski definition) is 5. The summed E-state index contributed by atoms with van der Waals surface area (Å²) in [7, 11) is 2.05. The first-order valence-corrected chi connectivity index (χ1v) is 15.3. The third-order valence-electron chi connectivity index (χ3n) is 8.03. The molecule has 2 heterocycles. The van der Waals surface area contributed by atoms with E-state index >= 15 is 0 Å². The zero-order chi connectivity index (χ0) is 29.9. The number of nitrogens with zero attached hydrogens (tertiary/aromatic N) is 4. The quantitative estimate of drug-likeness (QED) is 0.166. The molecule has 4 aromatic rings. The van der Waals surface area contributed by atoms with Crippen LogP contribution in [0.5, 0.6) is 5.75 Å². The van der Waals surface area contributed by atoms with Crippen molar-refractivity contribution in [1.82, 2.24) is 14.8 Å². The van der Waals surface area contributed by atoms with E-state index in [4.69, 9.17) is 4.74 Å². The van der Waals surface area contributed by atoms with Gasteiger partial charge in [-0.25, -0.2) is 0 Å². The molecule has 0 aliphatic carbocycles. The average Bonchev–Trinajstić information content (AvgIpc) is 3.07. The third-order valence-corrected chi connectivity index (χ3v) is 8.03. The number of pyridine rings is 1. The molecule has 0 N–H and O–H groups in total. The molecule has 5 rings (SSSR count). The third kappa shape index (κ3) is 8.55. The lowest BCUT2D eigenvalue weighted by molar-refractivity contribution is -0.130. The molecule has 1 aliphatic rings. The summed E-state index contributed by atoms with van der Waals surface area (Å²) in [6.45, 7) is 6.27. The van der Waals surface area contributed by atoms with E-state index in [1.165, 1.54) is 5.56 Å². The maximum Gasteiger partial charge on any atom is 0.247 e. The number of aromatic nitrogens is 1. The second-order valence-corrected chi connectivity index (χ2v) is 11.1. The lowest BCUT2D eigenvalue weighted by atomic mass is 10.0. The van der Waals surface area contributed by atoms with Crippen LogP contribution in [-0.2, 0) is 17.9 Å². The first kappa shape index (κ1) is 30.1. The number of ether oxygens (including phenoxy) is 1. The lowest BCUT2D eigenvalue weighted by Gasteiger charge is -2.38. The maximum absolute atomic E-state index is 13.7. The van der Waals surface area contributed by atoms with Crippen LogP contribution in [0, 0.1) is 0 Å². The van der Waals surface area contributed by atoms with Crippen LogP contribution < -0.4 is 9.64 Å². The zero-order valence-electron chi connectivity index (χ0n) is 25.3. The summed E-state index contributed by atoms with van der Waals surface area (Å²) in [5.41, 5.74) is 5.61. The smallest absolute Gasteiger partial charge is 0.247 e. The topological polar surface area (TPSA) is 48.9 Å². The number of carbonyl (C=O) groups excluding carboxylic acids is 1. The van der Waals surface area contributed by atoms with Crippen LogP contribution in [0.2, 0.25) is 0 Å². The number of likely N-dealkylation sites (tertiary alicyclic amines) is 1. The van der Waals surface area contributed by atoms with E-state index in [-0.39, 0.29) is 11.9 Å². The molecular weight excluding hydrogens is 532 g/mol. The molecule has 1 saturated heterocycles. The van der Waals surface area contributed by atoms with Crippen molar-refractivity contribution < 1.29 is 9.53 Å². The van der Waals surface area contributed by atoms with Crippen LogP contribution in [0.25, 0.3) is 6.08 Å². The van der Waals surface area contributed by atoms with Crippen LogP contribution in [0.3, 0.4) is 0 Å². The second-order valence-electron chi connectivity index (χ2n) is 11.1. The largest absolute Gasteiger partial charge is 0.494 e. The van der Waals surface area contributed by atoms with Gasteiger partial charge in [-0.05, 0) is 78.4 Å². The van der Waals surface area contributed by atoms with Crippen LogP contribution in [-0.4, -0.2) is 53.5 Å². The molecule has 0 radical (unpaired) electrons. The van der Waals surface area contributed by atoms with Gasteiger partial charge in [-0.1, -0.05) is 61.5 Å². The van der Waals surface area contributed by atoms with Crippen molar-refractivity contribution in [2.75, 3.05) is 31.6 Å². The lowest BCUT2D eigenvalue weighted by Crippen LogP contribution is -2.46. The molecule has 1 aliphatic heterocycles. The Morgan fingerprint density at radius 3 is 2.23 bits per heavy atom. The van der Waals surface area contributed by atoms with Crippen LogP contribution >= 0.6 is 0 Å². The van der Waals surface area contributed by atoms with E-state index in [0.29, 0.717) is 13.2 Å². The first-order chi connectivity index (χ1) is 21.1. The molecule has 0 spiro atoms. The highest BCUT2D eigenvalue weighted by atomic mass is 16.5. The van der Waals surface area contributed by atoms with Crippen molar-refractivity contribution in [3.63, 3.8) is 0 Å². The summed E-state index contributed by atoms with van der Waals surface area (Å²) in [6, 6.07) is 31.3. The molecular formula is C37H42N4O2. The average molecular weight is 575 g/mol. The van der Waals surface area contributed by atoms with Gasteiger partial charge in [0.05, 0.1) is 6.61 Å². The molecule has 222 valence electrons. The fourth-order valence-corrected chi connectivity index (χ4v) is 5.51. The van der Waals surface area contributed by atoms with Gasteiger partial charge in [0.2, 0.25) is 5.91 Å². The Labute approximate surface area is 256 Å². The molecule has 1 aromatic heterocycles. The Kier molecular flexibility index (Phi) is 10.6. The molecule has 6 nitrogen and oxygen atoms in total. The highest BCUT2D eigenvalue weighted by Gasteiger charge is 2.27. The number of piperidine rings is 1. The van der Waals surface area contributed by atoms with Gasteiger partial charge >= 0.3 is 0 Å². The van der Waals surface area contributed by atoms with Crippen LogP contribution in [0.1, 0.15) is 42.9 Å². The van der Waals surface area contributed by atoms with E-state index < -0.39 is 0 Å². The number of rotatable bonds is 12. The summed E-state index contributed by atoms with van der Waals surface area (Å²) in [4.78, 5) is 24.6. The SMILES string of the molecule is CCCOc1ccc(/C=C/C(=O)N(Cc2ccc(N(C)c3ccncc3)cc2)C2CCN(Cc3ccccc3)CC2)cc1. The van der Waals surface area contributed by atoms with Crippen molar-refractivity contribution in [3.8, 4) is 5.75 Å². The second kappa shape index (κ2) is 15.2. The number of anilines is 2. The minimum atomic E-state index is 0.0470. The van der Waals surface area contributed by atoms with Crippen molar-refractivity contribution in [3.05, 3.63) is 126 Å². The first-order valence-electron chi connectivity index (χ1n) is 15.3. The van der Waals surface area contributed by atoms with Gasteiger partial charge in [-0.2, -0.15) is 0 Å². The van der Waals surface area contributed by atoms with Crippen molar-refractivity contribution in [1.29, 1.82) is 0 Å². The summed E-state index contributed by atoms with van der Waals surface area (Å²) >= 11 is 0. The number of hydrogen-bond donors (Lipinski definition) is 0. The van der Waals surface area contributed by atoms with Crippen molar-refractivity contribution in [2.45, 2.75) is 45.3 Å². The van der Waals surface area contributed by atoms with Crippen LogP contribution in [0.15, 0.2) is 109 Å². The molecule has 1 amide bonds. The standard InChI is InChI=1S/C37H42N4O2/c1-3-27-43-36-16-11-30(12-17-36)13-18-37(42)41(35-21-25-40(26-22-35)28-31-7-5-4-6-8-31)29-32-9-14-33(15-10-32)39(2)34-19-23-38-24-20-34/h4-20,23-24,35H,3,21-22,25-29H2,1-2H3/b18-13+. The van der Waals surface area contributed by atoms with E-state index in [2.05, 4.69) is 88.3 Å². The van der Waals surface area contributed by atoms with E-state index in [0.717, 1.165) is 67.1 Å². The Hall–Kier alpha value is -4.42. The van der Waals surface area contributed by atoms with Gasteiger partial charge in [0.15, 0.2) is 0 Å². The van der Waals surface area contributed by atoms with Gasteiger partial charge in [-0.3, -0.25) is 14.7 Å². The van der Waals surface area contributed by atoms with Crippen molar-refractivity contribution in [2.24, 2.45) is 0 Å². The normalized spacial score (nSPS) is 14.1. The van der Waals surface area contributed by atoms with E-state index in [1.54, 1.807) is 18.5 Å².